The van der Waals surface area contributed by atoms with Crippen LogP contribution in [0.25, 0.3) is 0 Å². The molecule has 21 heavy (non-hydrogen) atoms. The Morgan fingerprint density at radius 1 is 1.48 bits per heavy atom. The van der Waals surface area contributed by atoms with Gasteiger partial charge in [0.25, 0.3) is 5.69 Å². The van der Waals surface area contributed by atoms with Crippen molar-refractivity contribution in [2.75, 3.05) is 31.2 Å². The first-order valence-electron chi connectivity index (χ1n) is 6.48. The van der Waals surface area contributed by atoms with Crippen LogP contribution in [0.4, 0.5) is 11.4 Å². The SMILES string of the molecule is CC(=O)N/N=C\c1ccc(N2CCOCC2)c([N+](=O)[O-])c1. The van der Waals surface area contributed by atoms with Crippen molar-refractivity contribution in [1.82, 2.24) is 5.43 Å². The first-order chi connectivity index (χ1) is 10.1. The number of hydrogen-bond acceptors (Lipinski definition) is 6. The summed E-state index contributed by atoms with van der Waals surface area (Å²) in [6.07, 6.45) is 1.37. The summed E-state index contributed by atoms with van der Waals surface area (Å²) in [5.41, 5.74) is 3.39. The number of carbonyl (C=O) groups excluding carboxylic acids is 1. The van der Waals surface area contributed by atoms with E-state index in [1.807, 2.05) is 4.90 Å². The van der Waals surface area contributed by atoms with Crippen LogP contribution in [-0.2, 0) is 9.53 Å². The number of hydrogen-bond donors (Lipinski definition) is 1. The molecule has 1 aromatic rings. The third kappa shape index (κ3) is 3.99. The van der Waals surface area contributed by atoms with Crippen molar-refractivity contribution in [2.45, 2.75) is 6.92 Å². The third-order valence-electron chi connectivity index (χ3n) is 2.98. The number of carbonyl (C=O) groups is 1. The van der Waals surface area contributed by atoms with Crippen LogP contribution in [0.5, 0.6) is 0 Å². The Morgan fingerprint density at radius 2 is 2.19 bits per heavy atom. The van der Waals surface area contributed by atoms with E-state index in [0.717, 1.165) is 0 Å². The van der Waals surface area contributed by atoms with E-state index in [0.29, 0.717) is 37.6 Å². The lowest BCUT2D eigenvalue weighted by Crippen LogP contribution is -2.36. The van der Waals surface area contributed by atoms with Gasteiger partial charge in [-0.2, -0.15) is 5.10 Å². The minimum Gasteiger partial charge on any atom is -0.378 e. The molecule has 2 rings (SSSR count). The van der Waals surface area contributed by atoms with Gasteiger partial charge in [-0.15, -0.1) is 0 Å². The molecule has 0 aromatic heterocycles. The van der Waals surface area contributed by atoms with Crippen LogP contribution < -0.4 is 10.3 Å². The number of nitrogens with one attached hydrogen (secondary N) is 1. The van der Waals surface area contributed by atoms with Crippen LogP contribution in [0.2, 0.25) is 0 Å². The Balaban J connectivity index is 2.24. The predicted octanol–water partition coefficient (Wildman–Crippen LogP) is 0.901. The molecule has 8 heteroatoms. The van der Waals surface area contributed by atoms with Crippen molar-refractivity contribution in [3.05, 3.63) is 33.9 Å². The van der Waals surface area contributed by atoms with E-state index < -0.39 is 4.92 Å². The summed E-state index contributed by atoms with van der Waals surface area (Å²) >= 11 is 0. The summed E-state index contributed by atoms with van der Waals surface area (Å²) < 4.78 is 5.25. The lowest BCUT2D eigenvalue weighted by Gasteiger charge is -2.28. The molecule has 1 saturated heterocycles. The number of benzene rings is 1. The molecular weight excluding hydrogens is 276 g/mol. The lowest BCUT2D eigenvalue weighted by atomic mass is 10.1. The average Bonchev–Trinajstić information content (AvgIpc) is 2.47. The van der Waals surface area contributed by atoms with E-state index in [-0.39, 0.29) is 11.6 Å². The fourth-order valence-corrected chi connectivity index (χ4v) is 2.04. The zero-order chi connectivity index (χ0) is 15.2. The zero-order valence-electron chi connectivity index (χ0n) is 11.6. The molecule has 0 aliphatic carbocycles. The molecule has 1 N–H and O–H groups in total. The highest BCUT2D eigenvalue weighted by molar-refractivity contribution is 5.84. The molecule has 0 atom stereocenters. The quantitative estimate of drug-likeness (QED) is 0.505. The van der Waals surface area contributed by atoms with Gasteiger partial charge in [-0.25, -0.2) is 5.43 Å². The van der Waals surface area contributed by atoms with Crippen molar-refractivity contribution in [3.63, 3.8) is 0 Å². The number of nitro benzene ring substituents is 1. The molecule has 8 nitrogen and oxygen atoms in total. The Morgan fingerprint density at radius 3 is 2.81 bits per heavy atom. The Hall–Kier alpha value is -2.48. The number of amides is 1. The smallest absolute Gasteiger partial charge is 0.293 e. The summed E-state index contributed by atoms with van der Waals surface area (Å²) in [7, 11) is 0. The van der Waals surface area contributed by atoms with Crippen LogP contribution in [0.1, 0.15) is 12.5 Å². The fraction of sp³-hybridized carbons (Fsp3) is 0.385. The molecule has 0 radical (unpaired) electrons. The number of ether oxygens (including phenoxy) is 1. The molecule has 1 fully saturated rings. The molecule has 1 aliphatic rings. The summed E-state index contributed by atoms with van der Waals surface area (Å²) in [5.74, 6) is -0.300. The monoisotopic (exact) mass is 292 g/mol. The number of anilines is 1. The van der Waals surface area contributed by atoms with Crippen LogP contribution >= 0.6 is 0 Å². The summed E-state index contributed by atoms with van der Waals surface area (Å²) in [6, 6.07) is 4.86. The minimum atomic E-state index is -0.416. The highest BCUT2D eigenvalue weighted by atomic mass is 16.6. The van der Waals surface area contributed by atoms with Crippen LogP contribution in [-0.4, -0.2) is 43.3 Å². The Bertz CT molecular complexity index is 567. The van der Waals surface area contributed by atoms with Crippen molar-refractivity contribution < 1.29 is 14.5 Å². The van der Waals surface area contributed by atoms with Gasteiger partial charge >= 0.3 is 0 Å². The molecule has 1 aromatic carbocycles. The number of nitro groups is 1. The zero-order valence-corrected chi connectivity index (χ0v) is 11.6. The molecule has 1 aliphatic heterocycles. The van der Waals surface area contributed by atoms with Crippen molar-refractivity contribution in [3.8, 4) is 0 Å². The molecule has 0 unspecified atom stereocenters. The Labute approximate surface area is 121 Å². The van der Waals surface area contributed by atoms with E-state index in [4.69, 9.17) is 4.74 Å². The topological polar surface area (TPSA) is 97.1 Å². The van der Waals surface area contributed by atoms with Crippen molar-refractivity contribution in [2.24, 2.45) is 5.10 Å². The third-order valence-corrected chi connectivity index (χ3v) is 2.98. The second kappa shape index (κ2) is 6.80. The normalized spacial score (nSPS) is 15.2. The van der Waals surface area contributed by atoms with Gasteiger partial charge in [0.15, 0.2) is 0 Å². The standard InChI is InChI=1S/C13H16N4O4/c1-10(18)15-14-9-11-2-3-12(13(8-11)17(19)20)16-4-6-21-7-5-16/h2-3,8-9H,4-7H2,1H3,(H,15,18)/b14-9-. The van der Waals surface area contributed by atoms with E-state index in [1.54, 1.807) is 12.1 Å². The summed E-state index contributed by atoms with van der Waals surface area (Å²) in [4.78, 5) is 23.5. The molecule has 1 heterocycles. The maximum Gasteiger partial charge on any atom is 0.293 e. The molecule has 0 bridgehead atoms. The second-order valence-electron chi connectivity index (χ2n) is 4.53. The number of morpholine rings is 1. The highest BCUT2D eigenvalue weighted by Crippen LogP contribution is 2.29. The van der Waals surface area contributed by atoms with Crippen LogP contribution in [0, 0.1) is 10.1 Å². The minimum absolute atomic E-state index is 0.0173. The number of nitrogens with zero attached hydrogens (tertiary/aromatic N) is 3. The second-order valence-corrected chi connectivity index (χ2v) is 4.53. The molecule has 0 spiro atoms. The molecular formula is C13H16N4O4. The van der Waals surface area contributed by atoms with Crippen molar-refractivity contribution in [1.29, 1.82) is 0 Å². The van der Waals surface area contributed by atoms with E-state index in [9.17, 15) is 14.9 Å². The van der Waals surface area contributed by atoms with Gasteiger partial charge in [0.05, 0.1) is 24.4 Å². The van der Waals surface area contributed by atoms with E-state index in [2.05, 4.69) is 10.5 Å². The van der Waals surface area contributed by atoms with Gasteiger partial charge in [0, 0.05) is 31.6 Å². The van der Waals surface area contributed by atoms with Gasteiger partial charge < -0.3 is 9.64 Å². The maximum absolute atomic E-state index is 11.2. The number of hydrazone groups is 1. The van der Waals surface area contributed by atoms with Crippen molar-refractivity contribution >= 4 is 23.5 Å². The largest absolute Gasteiger partial charge is 0.378 e. The van der Waals surface area contributed by atoms with Gasteiger partial charge in [-0.05, 0) is 6.07 Å². The molecule has 112 valence electrons. The van der Waals surface area contributed by atoms with E-state index in [1.165, 1.54) is 19.2 Å². The van der Waals surface area contributed by atoms with Crippen LogP contribution in [0.3, 0.4) is 0 Å². The van der Waals surface area contributed by atoms with Gasteiger partial charge in [0.1, 0.15) is 5.69 Å². The average molecular weight is 292 g/mol. The number of rotatable bonds is 4. The highest BCUT2D eigenvalue weighted by Gasteiger charge is 2.21. The summed E-state index contributed by atoms with van der Waals surface area (Å²) in [6.45, 7) is 3.70. The first kappa shape index (κ1) is 14.9. The van der Waals surface area contributed by atoms with Crippen LogP contribution in [0.15, 0.2) is 23.3 Å². The fourth-order valence-electron chi connectivity index (χ4n) is 2.04. The maximum atomic E-state index is 11.2. The summed E-state index contributed by atoms with van der Waals surface area (Å²) in [5, 5.41) is 14.9. The lowest BCUT2D eigenvalue weighted by molar-refractivity contribution is -0.384. The first-order valence-corrected chi connectivity index (χ1v) is 6.48. The molecule has 0 saturated carbocycles. The molecule has 1 amide bonds. The predicted molar refractivity (Wildman–Crippen MR) is 77.5 cm³/mol. The van der Waals surface area contributed by atoms with E-state index >= 15 is 0 Å². The van der Waals surface area contributed by atoms with Gasteiger partial charge in [-0.1, -0.05) is 6.07 Å². The van der Waals surface area contributed by atoms with Gasteiger partial charge in [-0.3, -0.25) is 14.9 Å². The Kier molecular flexibility index (Phi) is 4.83. The van der Waals surface area contributed by atoms with Gasteiger partial charge in [0.2, 0.25) is 5.91 Å².